The summed E-state index contributed by atoms with van der Waals surface area (Å²) in [6, 6.07) is 1.70. The Balaban J connectivity index is 2.57. The highest BCUT2D eigenvalue weighted by atomic mass is 15.2. The number of hydrogen-bond donors (Lipinski definition) is 1. The predicted molar refractivity (Wildman–Crippen MR) is 44.4 cm³/mol. The average molecular weight is 172 g/mol. The lowest BCUT2D eigenvalue weighted by molar-refractivity contribution is 1.02. The van der Waals surface area contributed by atoms with Crippen LogP contribution in [0.4, 0.5) is 5.95 Å². The fourth-order valence-corrected chi connectivity index (χ4v) is 0.891. The molecule has 13 heavy (non-hydrogen) atoms. The van der Waals surface area contributed by atoms with E-state index >= 15 is 0 Å². The first-order chi connectivity index (χ1) is 6.40. The zero-order valence-electron chi connectivity index (χ0n) is 6.47. The van der Waals surface area contributed by atoms with E-state index in [1.54, 1.807) is 24.7 Å². The van der Waals surface area contributed by atoms with Crippen molar-refractivity contribution in [3.05, 3.63) is 18.5 Å². The molecule has 0 aliphatic rings. The number of rotatable bonds is 1. The Morgan fingerprint density at radius 3 is 3.08 bits per heavy atom. The van der Waals surface area contributed by atoms with Gasteiger partial charge in [0.05, 0.1) is 11.7 Å². The molecule has 2 heterocycles. The maximum absolute atomic E-state index is 8.31. The number of nitrogens with one attached hydrogen (secondary N) is 1. The average Bonchev–Trinajstić information content (AvgIpc) is 2.18. The Bertz CT molecular complexity index is 474. The quantitative estimate of drug-likeness (QED) is 0.492. The van der Waals surface area contributed by atoms with Gasteiger partial charge in [0.1, 0.15) is 5.52 Å². The summed E-state index contributed by atoms with van der Waals surface area (Å²) in [5, 5.41) is 18.1. The molecular weight excluding hydrogens is 168 g/mol. The zero-order valence-corrected chi connectivity index (χ0v) is 6.47. The summed E-state index contributed by atoms with van der Waals surface area (Å²) in [6.07, 6.45) is 4.88. The number of hydrogen-bond acceptors (Lipinski definition) is 6. The van der Waals surface area contributed by atoms with Gasteiger partial charge in [-0.2, -0.15) is 5.26 Å². The van der Waals surface area contributed by atoms with Gasteiger partial charge < -0.3 is 0 Å². The van der Waals surface area contributed by atoms with Gasteiger partial charge in [-0.25, -0.2) is 4.98 Å². The summed E-state index contributed by atoms with van der Waals surface area (Å²) < 4.78 is 0. The Kier molecular flexibility index (Phi) is 1.69. The Morgan fingerprint density at radius 1 is 1.31 bits per heavy atom. The van der Waals surface area contributed by atoms with Crippen molar-refractivity contribution in [3.63, 3.8) is 0 Å². The van der Waals surface area contributed by atoms with Crippen molar-refractivity contribution in [1.82, 2.24) is 20.2 Å². The SMILES string of the molecule is N#CNc1nnc2cnccc2n1. The van der Waals surface area contributed by atoms with Gasteiger partial charge in [-0.3, -0.25) is 10.3 Å². The van der Waals surface area contributed by atoms with E-state index in [9.17, 15) is 0 Å². The van der Waals surface area contributed by atoms with E-state index in [-0.39, 0.29) is 5.95 Å². The fourth-order valence-electron chi connectivity index (χ4n) is 0.891. The largest absolute Gasteiger partial charge is 0.262 e. The molecule has 62 valence electrons. The van der Waals surface area contributed by atoms with Gasteiger partial charge in [-0.05, 0) is 6.07 Å². The number of anilines is 1. The second-order valence-corrected chi connectivity index (χ2v) is 2.24. The summed E-state index contributed by atoms with van der Waals surface area (Å²) >= 11 is 0. The molecule has 0 fully saturated rings. The molecule has 0 bridgehead atoms. The lowest BCUT2D eigenvalue weighted by Gasteiger charge is -1.95. The molecule has 0 saturated carbocycles. The molecule has 0 amide bonds. The minimum atomic E-state index is 0.196. The maximum Gasteiger partial charge on any atom is 0.256 e. The van der Waals surface area contributed by atoms with E-state index < -0.39 is 0 Å². The van der Waals surface area contributed by atoms with Crippen LogP contribution in [-0.2, 0) is 0 Å². The number of pyridine rings is 1. The predicted octanol–water partition coefficient (Wildman–Crippen LogP) is 0.313. The minimum Gasteiger partial charge on any atom is -0.262 e. The first-order valence-corrected chi connectivity index (χ1v) is 3.50. The topological polar surface area (TPSA) is 87.4 Å². The first kappa shape index (κ1) is 7.36. The molecule has 1 N–H and O–H groups in total. The maximum atomic E-state index is 8.31. The van der Waals surface area contributed by atoms with Gasteiger partial charge in [0, 0.05) is 6.20 Å². The third-order valence-electron chi connectivity index (χ3n) is 1.42. The first-order valence-electron chi connectivity index (χ1n) is 3.50. The van der Waals surface area contributed by atoms with E-state index in [1.165, 1.54) is 0 Å². The molecule has 6 nitrogen and oxygen atoms in total. The highest BCUT2D eigenvalue weighted by molar-refractivity contribution is 5.72. The lowest BCUT2D eigenvalue weighted by atomic mass is 10.4. The molecule has 0 aromatic carbocycles. The van der Waals surface area contributed by atoms with Crippen LogP contribution in [0, 0.1) is 11.5 Å². The van der Waals surface area contributed by atoms with E-state index in [4.69, 9.17) is 5.26 Å². The van der Waals surface area contributed by atoms with Crippen LogP contribution in [0.1, 0.15) is 0 Å². The van der Waals surface area contributed by atoms with Crippen LogP contribution < -0.4 is 5.32 Å². The molecular formula is C7H4N6. The molecule has 6 heteroatoms. The van der Waals surface area contributed by atoms with Gasteiger partial charge in [-0.15, -0.1) is 10.2 Å². The van der Waals surface area contributed by atoms with Crippen LogP contribution >= 0.6 is 0 Å². The van der Waals surface area contributed by atoms with E-state index in [0.29, 0.717) is 11.0 Å². The van der Waals surface area contributed by atoms with Crippen LogP contribution in [0.3, 0.4) is 0 Å². The second kappa shape index (κ2) is 2.98. The Labute approximate surface area is 73.3 Å². The van der Waals surface area contributed by atoms with Crippen molar-refractivity contribution in [1.29, 1.82) is 5.26 Å². The van der Waals surface area contributed by atoms with Crippen molar-refractivity contribution < 1.29 is 0 Å². The highest BCUT2D eigenvalue weighted by Crippen LogP contribution is 2.06. The number of fused-ring (bicyclic) bond motifs is 1. The number of nitriles is 1. The molecule has 0 atom stereocenters. The van der Waals surface area contributed by atoms with Gasteiger partial charge in [-0.1, -0.05) is 0 Å². The molecule has 2 rings (SSSR count). The Hall–Kier alpha value is -2.29. The highest BCUT2D eigenvalue weighted by Gasteiger charge is 1.98. The molecule has 0 saturated heterocycles. The van der Waals surface area contributed by atoms with E-state index in [0.717, 1.165) is 0 Å². The molecule has 0 spiro atoms. The smallest absolute Gasteiger partial charge is 0.256 e. The molecule has 0 unspecified atom stereocenters. The van der Waals surface area contributed by atoms with Crippen LogP contribution in [0.15, 0.2) is 18.5 Å². The summed E-state index contributed by atoms with van der Waals surface area (Å²) in [5.41, 5.74) is 1.26. The van der Waals surface area contributed by atoms with Crippen molar-refractivity contribution in [2.75, 3.05) is 5.32 Å². The minimum absolute atomic E-state index is 0.196. The van der Waals surface area contributed by atoms with Crippen molar-refractivity contribution in [3.8, 4) is 6.19 Å². The van der Waals surface area contributed by atoms with Gasteiger partial charge in [0.15, 0.2) is 6.19 Å². The molecule has 2 aromatic rings. The third kappa shape index (κ3) is 1.35. The monoisotopic (exact) mass is 172 g/mol. The van der Waals surface area contributed by atoms with E-state index in [1.807, 2.05) is 0 Å². The normalized spacial score (nSPS) is 9.46. The molecule has 2 aromatic heterocycles. The van der Waals surface area contributed by atoms with Crippen molar-refractivity contribution >= 4 is 17.0 Å². The summed E-state index contributed by atoms with van der Waals surface area (Å²) in [5.74, 6) is 0.196. The van der Waals surface area contributed by atoms with Crippen LogP contribution in [-0.4, -0.2) is 20.2 Å². The summed E-state index contributed by atoms with van der Waals surface area (Å²) in [4.78, 5) is 7.88. The lowest BCUT2D eigenvalue weighted by Crippen LogP contribution is -1.98. The van der Waals surface area contributed by atoms with Gasteiger partial charge in [0.25, 0.3) is 5.95 Å². The van der Waals surface area contributed by atoms with Gasteiger partial charge >= 0.3 is 0 Å². The standard InChI is InChI=1S/C7H4N6/c8-4-10-7-11-5-1-2-9-3-6(5)12-13-7/h1-3H,(H,10,11,13). The van der Waals surface area contributed by atoms with Gasteiger partial charge in [0.2, 0.25) is 0 Å². The van der Waals surface area contributed by atoms with Crippen LogP contribution in [0.2, 0.25) is 0 Å². The summed E-state index contributed by atoms with van der Waals surface area (Å²) in [6.45, 7) is 0. The molecule has 0 aliphatic carbocycles. The van der Waals surface area contributed by atoms with Crippen LogP contribution in [0.25, 0.3) is 11.0 Å². The second-order valence-electron chi connectivity index (χ2n) is 2.24. The summed E-state index contributed by atoms with van der Waals surface area (Å²) in [7, 11) is 0. The fraction of sp³-hybridized carbons (Fsp3) is 0. The number of aromatic nitrogens is 4. The third-order valence-corrected chi connectivity index (χ3v) is 1.42. The number of nitrogens with zero attached hydrogens (tertiary/aromatic N) is 5. The van der Waals surface area contributed by atoms with Crippen molar-refractivity contribution in [2.24, 2.45) is 0 Å². The zero-order chi connectivity index (χ0) is 9.10. The van der Waals surface area contributed by atoms with E-state index in [2.05, 4.69) is 25.5 Å². The molecule has 0 radical (unpaired) electrons. The van der Waals surface area contributed by atoms with Crippen LogP contribution in [0.5, 0.6) is 0 Å². The molecule has 0 aliphatic heterocycles. The van der Waals surface area contributed by atoms with Crippen molar-refractivity contribution in [2.45, 2.75) is 0 Å². The Morgan fingerprint density at radius 2 is 2.23 bits per heavy atom.